The molecule has 3 aromatic rings. The molecular formula is C19H23N3O. The normalized spacial score (nSPS) is 11.1. The van der Waals surface area contributed by atoms with Gasteiger partial charge in [0, 0.05) is 44.3 Å². The van der Waals surface area contributed by atoms with Gasteiger partial charge in [0.05, 0.1) is 5.69 Å². The molecule has 3 rings (SSSR count). The highest BCUT2D eigenvalue weighted by atomic mass is 16.2. The van der Waals surface area contributed by atoms with Gasteiger partial charge < -0.3 is 14.4 Å². The molecule has 0 saturated heterocycles. The molecule has 23 heavy (non-hydrogen) atoms. The van der Waals surface area contributed by atoms with Crippen molar-refractivity contribution in [2.24, 2.45) is 0 Å². The maximum atomic E-state index is 9.02. The summed E-state index contributed by atoms with van der Waals surface area (Å²) < 4.78 is 2.08. The first-order valence-electron chi connectivity index (χ1n) is 7.95. The number of benzene rings is 1. The van der Waals surface area contributed by atoms with Gasteiger partial charge in [0.15, 0.2) is 0 Å². The third-order valence-electron chi connectivity index (χ3n) is 4.19. The molecule has 0 saturated carbocycles. The van der Waals surface area contributed by atoms with Crippen LogP contribution in [0.15, 0.2) is 42.7 Å². The average Bonchev–Trinajstić information content (AvgIpc) is 2.95. The van der Waals surface area contributed by atoms with Crippen molar-refractivity contribution in [1.82, 2.24) is 9.38 Å². The van der Waals surface area contributed by atoms with Crippen LogP contribution in [0.2, 0.25) is 0 Å². The van der Waals surface area contributed by atoms with Gasteiger partial charge >= 0.3 is 0 Å². The van der Waals surface area contributed by atoms with E-state index in [0.29, 0.717) is 0 Å². The maximum absolute atomic E-state index is 9.02. The number of aliphatic hydroxyl groups excluding tert-OH is 1. The molecule has 0 bridgehead atoms. The van der Waals surface area contributed by atoms with Crippen LogP contribution in [0.5, 0.6) is 0 Å². The van der Waals surface area contributed by atoms with E-state index >= 15 is 0 Å². The fourth-order valence-electron chi connectivity index (χ4n) is 2.77. The Bertz CT molecular complexity index is 803. The van der Waals surface area contributed by atoms with Crippen LogP contribution in [0, 0.1) is 6.92 Å². The van der Waals surface area contributed by atoms with E-state index in [2.05, 4.69) is 58.9 Å². The van der Waals surface area contributed by atoms with E-state index < -0.39 is 0 Å². The van der Waals surface area contributed by atoms with Gasteiger partial charge in [-0.15, -0.1) is 0 Å². The Hall–Kier alpha value is -2.33. The second-order valence-corrected chi connectivity index (χ2v) is 6.14. The van der Waals surface area contributed by atoms with E-state index in [1.54, 1.807) is 0 Å². The SMILES string of the molecule is Cc1cc2nc(-c3ccc(N(C)C)cc3)cn2cc1CCCO. The highest BCUT2D eigenvalue weighted by Gasteiger charge is 2.08. The topological polar surface area (TPSA) is 40.8 Å². The second-order valence-electron chi connectivity index (χ2n) is 6.14. The van der Waals surface area contributed by atoms with Crippen LogP contribution in [-0.4, -0.2) is 35.2 Å². The molecule has 0 aliphatic heterocycles. The smallest absolute Gasteiger partial charge is 0.137 e. The van der Waals surface area contributed by atoms with Crippen LogP contribution in [0.1, 0.15) is 17.5 Å². The second kappa shape index (κ2) is 6.42. The van der Waals surface area contributed by atoms with Crippen molar-refractivity contribution in [3.05, 3.63) is 53.9 Å². The van der Waals surface area contributed by atoms with E-state index in [1.807, 2.05) is 14.1 Å². The van der Waals surface area contributed by atoms with Crippen LogP contribution in [0.25, 0.3) is 16.9 Å². The van der Waals surface area contributed by atoms with E-state index in [4.69, 9.17) is 10.1 Å². The molecule has 2 aromatic heterocycles. The molecule has 4 nitrogen and oxygen atoms in total. The zero-order chi connectivity index (χ0) is 16.4. The lowest BCUT2D eigenvalue weighted by molar-refractivity contribution is 0.288. The summed E-state index contributed by atoms with van der Waals surface area (Å²) in [7, 11) is 4.08. The molecule has 0 fully saturated rings. The van der Waals surface area contributed by atoms with Gasteiger partial charge in [0.2, 0.25) is 0 Å². The number of aryl methyl sites for hydroxylation is 2. The first kappa shape index (κ1) is 15.6. The number of nitrogens with zero attached hydrogens (tertiary/aromatic N) is 3. The van der Waals surface area contributed by atoms with Crippen molar-refractivity contribution in [2.75, 3.05) is 25.6 Å². The number of hydrogen-bond acceptors (Lipinski definition) is 3. The maximum Gasteiger partial charge on any atom is 0.137 e. The fraction of sp³-hybridized carbons (Fsp3) is 0.316. The molecule has 0 aliphatic carbocycles. The summed E-state index contributed by atoms with van der Waals surface area (Å²) in [4.78, 5) is 6.83. The summed E-state index contributed by atoms with van der Waals surface area (Å²) in [5.74, 6) is 0. The minimum Gasteiger partial charge on any atom is -0.396 e. The number of fused-ring (bicyclic) bond motifs is 1. The Labute approximate surface area is 137 Å². The first-order valence-corrected chi connectivity index (χ1v) is 7.95. The number of anilines is 1. The monoisotopic (exact) mass is 309 g/mol. The lowest BCUT2D eigenvalue weighted by Gasteiger charge is -2.12. The molecule has 0 amide bonds. The quantitative estimate of drug-likeness (QED) is 0.786. The number of rotatable bonds is 5. The summed E-state index contributed by atoms with van der Waals surface area (Å²) in [5, 5.41) is 9.02. The largest absolute Gasteiger partial charge is 0.396 e. The molecule has 0 unspecified atom stereocenters. The fourth-order valence-corrected chi connectivity index (χ4v) is 2.77. The van der Waals surface area contributed by atoms with Gasteiger partial charge in [-0.05, 0) is 49.1 Å². The van der Waals surface area contributed by atoms with Gasteiger partial charge in [0.25, 0.3) is 0 Å². The molecule has 4 heteroatoms. The zero-order valence-electron chi connectivity index (χ0n) is 14.0. The highest BCUT2D eigenvalue weighted by molar-refractivity contribution is 5.65. The van der Waals surface area contributed by atoms with Gasteiger partial charge in [-0.25, -0.2) is 4.98 Å². The van der Waals surface area contributed by atoms with Gasteiger partial charge in [0.1, 0.15) is 5.65 Å². The van der Waals surface area contributed by atoms with Gasteiger partial charge in [-0.3, -0.25) is 0 Å². The van der Waals surface area contributed by atoms with Crippen LogP contribution >= 0.6 is 0 Å². The van der Waals surface area contributed by atoms with Crippen molar-refractivity contribution >= 4 is 11.3 Å². The number of aliphatic hydroxyl groups is 1. The third-order valence-corrected chi connectivity index (χ3v) is 4.19. The molecule has 0 atom stereocenters. The summed E-state index contributed by atoms with van der Waals surface area (Å²) in [6, 6.07) is 10.5. The third kappa shape index (κ3) is 3.22. The lowest BCUT2D eigenvalue weighted by Crippen LogP contribution is -2.07. The minimum atomic E-state index is 0.227. The van der Waals surface area contributed by atoms with Crippen molar-refractivity contribution in [3.8, 4) is 11.3 Å². The minimum absolute atomic E-state index is 0.227. The summed E-state index contributed by atoms with van der Waals surface area (Å²) >= 11 is 0. The first-order chi connectivity index (χ1) is 11.1. The van der Waals surface area contributed by atoms with E-state index in [9.17, 15) is 0 Å². The highest BCUT2D eigenvalue weighted by Crippen LogP contribution is 2.23. The zero-order valence-corrected chi connectivity index (χ0v) is 14.0. The molecule has 1 N–H and O–H groups in total. The Morgan fingerprint density at radius 1 is 1.13 bits per heavy atom. The van der Waals surface area contributed by atoms with Crippen LogP contribution in [0.3, 0.4) is 0 Å². The number of pyridine rings is 1. The Balaban J connectivity index is 1.96. The molecule has 1 aromatic carbocycles. The van der Waals surface area contributed by atoms with Crippen LogP contribution < -0.4 is 4.90 Å². The lowest BCUT2D eigenvalue weighted by atomic mass is 10.1. The van der Waals surface area contributed by atoms with Gasteiger partial charge in [-0.1, -0.05) is 12.1 Å². The van der Waals surface area contributed by atoms with E-state index in [-0.39, 0.29) is 6.61 Å². The van der Waals surface area contributed by atoms with Crippen molar-refractivity contribution in [2.45, 2.75) is 19.8 Å². The summed E-state index contributed by atoms with van der Waals surface area (Å²) in [5.41, 5.74) is 6.73. The van der Waals surface area contributed by atoms with Crippen molar-refractivity contribution in [3.63, 3.8) is 0 Å². The number of aromatic nitrogens is 2. The number of imidazole rings is 1. The standard InChI is InChI=1S/C19H23N3O/c1-14-11-19-20-18(13-22(19)12-16(14)5-4-10-23)15-6-8-17(9-7-15)21(2)3/h6-9,11-13,23H,4-5,10H2,1-3H3. The number of hydrogen-bond donors (Lipinski definition) is 1. The van der Waals surface area contributed by atoms with Crippen LogP contribution in [0.4, 0.5) is 5.69 Å². The Kier molecular flexibility index (Phi) is 4.35. The predicted octanol–water partition coefficient (Wildman–Crippen LogP) is 3.30. The van der Waals surface area contributed by atoms with Crippen molar-refractivity contribution in [1.29, 1.82) is 0 Å². The molecule has 2 heterocycles. The van der Waals surface area contributed by atoms with E-state index in [1.165, 1.54) is 16.8 Å². The van der Waals surface area contributed by atoms with Crippen LogP contribution in [-0.2, 0) is 6.42 Å². The average molecular weight is 309 g/mol. The molecule has 0 spiro atoms. The van der Waals surface area contributed by atoms with E-state index in [0.717, 1.165) is 29.7 Å². The Morgan fingerprint density at radius 2 is 1.87 bits per heavy atom. The molecule has 0 radical (unpaired) electrons. The molecule has 120 valence electrons. The Morgan fingerprint density at radius 3 is 2.52 bits per heavy atom. The van der Waals surface area contributed by atoms with Crippen molar-refractivity contribution < 1.29 is 5.11 Å². The predicted molar refractivity (Wildman–Crippen MR) is 95.1 cm³/mol. The van der Waals surface area contributed by atoms with Gasteiger partial charge in [-0.2, -0.15) is 0 Å². The molecule has 0 aliphatic rings. The molecular weight excluding hydrogens is 286 g/mol. The summed E-state index contributed by atoms with van der Waals surface area (Å²) in [6.07, 6.45) is 5.89. The summed E-state index contributed by atoms with van der Waals surface area (Å²) in [6.45, 7) is 2.33.